The van der Waals surface area contributed by atoms with Crippen molar-refractivity contribution in [2.24, 2.45) is 0 Å². The molecule has 0 N–H and O–H groups in total. The molecule has 0 aliphatic carbocycles. The van der Waals surface area contributed by atoms with Crippen molar-refractivity contribution in [3.8, 4) is 5.88 Å². The lowest BCUT2D eigenvalue weighted by Crippen LogP contribution is -2.11. The van der Waals surface area contributed by atoms with Crippen molar-refractivity contribution in [1.82, 2.24) is 9.97 Å². The van der Waals surface area contributed by atoms with Gasteiger partial charge in [0.2, 0.25) is 5.88 Å². The first-order valence-corrected chi connectivity index (χ1v) is 5.53. The third-order valence-electron chi connectivity index (χ3n) is 2.56. The van der Waals surface area contributed by atoms with Gasteiger partial charge in [-0.25, -0.2) is 9.78 Å². The summed E-state index contributed by atoms with van der Waals surface area (Å²) >= 11 is 0. The minimum absolute atomic E-state index is 0.187. The van der Waals surface area contributed by atoms with Crippen molar-refractivity contribution >= 4 is 11.5 Å². The summed E-state index contributed by atoms with van der Waals surface area (Å²) < 4.78 is 14.9. The SMILES string of the molecule is COC(=O)c1cc(OC)nc(C2=CCOCC2)n1. The molecule has 6 nitrogen and oxygen atoms in total. The number of carbonyl (C=O) groups is 1. The zero-order chi connectivity index (χ0) is 13.0. The van der Waals surface area contributed by atoms with Gasteiger partial charge in [-0.2, -0.15) is 4.98 Å². The topological polar surface area (TPSA) is 70.5 Å². The van der Waals surface area contributed by atoms with E-state index in [2.05, 4.69) is 14.7 Å². The molecule has 0 amide bonds. The number of carbonyl (C=O) groups excluding carboxylic acids is 1. The molecule has 0 fully saturated rings. The van der Waals surface area contributed by atoms with Crippen LogP contribution in [0.25, 0.3) is 5.57 Å². The summed E-state index contributed by atoms with van der Waals surface area (Å²) in [5.74, 6) is 0.315. The number of esters is 1. The van der Waals surface area contributed by atoms with Crippen molar-refractivity contribution in [2.45, 2.75) is 6.42 Å². The fraction of sp³-hybridized carbons (Fsp3) is 0.417. The number of ether oxygens (including phenoxy) is 3. The lowest BCUT2D eigenvalue weighted by molar-refractivity contribution is 0.0593. The Morgan fingerprint density at radius 3 is 2.83 bits per heavy atom. The van der Waals surface area contributed by atoms with E-state index in [4.69, 9.17) is 9.47 Å². The van der Waals surface area contributed by atoms with Gasteiger partial charge in [-0.3, -0.25) is 0 Å². The summed E-state index contributed by atoms with van der Waals surface area (Å²) in [6.07, 6.45) is 2.62. The van der Waals surface area contributed by atoms with Crippen LogP contribution in [0.15, 0.2) is 12.1 Å². The third-order valence-corrected chi connectivity index (χ3v) is 2.56. The predicted molar refractivity (Wildman–Crippen MR) is 63.3 cm³/mol. The van der Waals surface area contributed by atoms with Crippen molar-refractivity contribution in [3.05, 3.63) is 23.7 Å². The van der Waals surface area contributed by atoms with E-state index in [1.54, 1.807) is 0 Å². The molecule has 2 rings (SSSR count). The third kappa shape index (κ3) is 2.65. The molecule has 0 saturated heterocycles. The van der Waals surface area contributed by atoms with Crippen LogP contribution in [0.4, 0.5) is 0 Å². The van der Waals surface area contributed by atoms with Gasteiger partial charge in [0, 0.05) is 6.07 Å². The van der Waals surface area contributed by atoms with Crippen LogP contribution in [0, 0.1) is 0 Å². The van der Waals surface area contributed by atoms with Crippen molar-refractivity contribution in [3.63, 3.8) is 0 Å². The molecule has 0 radical (unpaired) electrons. The summed E-state index contributed by atoms with van der Waals surface area (Å²) in [4.78, 5) is 19.9. The first kappa shape index (κ1) is 12.5. The van der Waals surface area contributed by atoms with Gasteiger partial charge in [-0.15, -0.1) is 0 Å². The Morgan fingerprint density at radius 1 is 1.39 bits per heavy atom. The average molecular weight is 250 g/mol. The molecule has 1 aromatic heterocycles. The fourth-order valence-electron chi connectivity index (χ4n) is 1.61. The Morgan fingerprint density at radius 2 is 2.22 bits per heavy atom. The second kappa shape index (κ2) is 5.59. The quantitative estimate of drug-likeness (QED) is 0.747. The second-order valence-corrected chi connectivity index (χ2v) is 3.67. The highest BCUT2D eigenvalue weighted by Crippen LogP contribution is 2.20. The molecule has 18 heavy (non-hydrogen) atoms. The van der Waals surface area contributed by atoms with Crippen LogP contribution in [0.3, 0.4) is 0 Å². The average Bonchev–Trinajstić information content (AvgIpc) is 2.46. The standard InChI is InChI=1S/C12H14N2O4/c1-16-10-7-9(12(15)17-2)13-11(14-10)8-3-5-18-6-4-8/h3,7H,4-6H2,1-2H3. The number of hydrogen-bond acceptors (Lipinski definition) is 6. The van der Waals surface area contributed by atoms with Gasteiger partial charge in [0.1, 0.15) is 0 Å². The zero-order valence-electron chi connectivity index (χ0n) is 10.3. The van der Waals surface area contributed by atoms with Gasteiger partial charge in [0.15, 0.2) is 11.5 Å². The molecule has 1 aromatic rings. The van der Waals surface area contributed by atoms with E-state index in [9.17, 15) is 4.79 Å². The summed E-state index contributed by atoms with van der Waals surface area (Å²) in [5, 5.41) is 0. The first-order valence-electron chi connectivity index (χ1n) is 5.53. The van der Waals surface area contributed by atoms with Gasteiger partial charge in [0.25, 0.3) is 0 Å². The Hall–Kier alpha value is -1.95. The van der Waals surface area contributed by atoms with E-state index < -0.39 is 5.97 Å². The van der Waals surface area contributed by atoms with E-state index in [0.717, 1.165) is 5.57 Å². The van der Waals surface area contributed by atoms with Gasteiger partial charge < -0.3 is 14.2 Å². The number of hydrogen-bond donors (Lipinski definition) is 0. The van der Waals surface area contributed by atoms with Crippen LogP contribution in [0.1, 0.15) is 22.7 Å². The predicted octanol–water partition coefficient (Wildman–Crippen LogP) is 1.08. The van der Waals surface area contributed by atoms with E-state index in [1.807, 2.05) is 6.08 Å². The van der Waals surface area contributed by atoms with E-state index in [-0.39, 0.29) is 5.69 Å². The maximum atomic E-state index is 11.5. The molecule has 0 bridgehead atoms. The minimum atomic E-state index is -0.510. The van der Waals surface area contributed by atoms with Gasteiger partial charge in [0.05, 0.1) is 27.4 Å². The monoisotopic (exact) mass is 250 g/mol. The summed E-state index contributed by atoms with van der Waals surface area (Å²) in [6.45, 7) is 1.16. The summed E-state index contributed by atoms with van der Waals surface area (Å²) in [6, 6.07) is 1.45. The molecule has 0 spiro atoms. The van der Waals surface area contributed by atoms with Gasteiger partial charge in [-0.1, -0.05) is 6.08 Å². The van der Waals surface area contributed by atoms with Gasteiger partial charge >= 0.3 is 5.97 Å². The molecule has 6 heteroatoms. The molecule has 0 saturated carbocycles. The van der Waals surface area contributed by atoms with Crippen molar-refractivity contribution in [2.75, 3.05) is 27.4 Å². The molecule has 1 aliphatic rings. The van der Waals surface area contributed by atoms with E-state index >= 15 is 0 Å². The highest BCUT2D eigenvalue weighted by atomic mass is 16.5. The Labute approximate surface area is 105 Å². The number of nitrogens with zero attached hydrogens (tertiary/aromatic N) is 2. The summed E-state index contributed by atoms with van der Waals surface area (Å²) in [7, 11) is 2.80. The molecule has 0 atom stereocenters. The molecule has 2 heterocycles. The number of rotatable bonds is 3. The van der Waals surface area contributed by atoms with Crippen LogP contribution in [0.5, 0.6) is 5.88 Å². The summed E-state index contributed by atoms with van der Waals surface area (Å²) in [5.41, 5.74) is 1.14. The Balaban J connectivity index is 2.40. The molecule has 0 unspecified atom stereocenters. The largest absolute Gasteiger partial charge is 0.481 e. The van der Waals surface area contributed by atoms with Crippen LogP contribution in [-0.4, -0.2) is 43.4 Å². The highest BCUT2D eigenvalue weighted by Gasteiger charge is 2.16. The van der Waals surface area contributed by atoms with E-state index in [1.165, 1.54) is 20.3 Å². The van der Waals surface area contributed by atoms with Crippen LogP contribution in [0.2, 0.25) is 0 Å². The Bertz CT molecular complexity index is 485. The number of aromatic nitrogens is 2. The molecular weight excluding hydrogens is 236 g/mol. The molecular formula is C12H14N2O4. The molecule has 96 valence electrons. The lowest BCUT2D eigenvalue weighted by Gasteiger charge is -2.13. The normalized spacial score (nSPS) is 14.9. The van der Waals surface area contributed by atoms with Crippen LogP contribution < -0.4 is 4.74 Å². The maximum absolute atomic E-state index is 11.5. The first-order chi connectivity index (χ1) is 8.74. The maximum Gasteiger partial charge on any atom is 0.356 e. The van der Waals surface area contributed by atoms with Crippen LogP contribution >= 0.6 is 0 Å². The lowest BCUT2D eigenvalue weighted by atomic mass is 10.1. The van der Waals surface area contributed by atoms with Crippen molar-refractivity contribution in [1.29, 1.82) is 0 Å². The molecule has 0 aromatic carbocycles. The van der Waals surface area contributed by atoms with Gasteiger partial charge in [-0.05, 0) is 12.0 Å². The smallest absolute Gasteiger partial charge is 0.356 e. The van der Waals surface area contributed by atoms with Crippen LogP contribution in [-0.2, 0) is 9.47 Å². The van der Waals surface area contributed by atoms with Crippen molar-refractivity contribution < 1.29 is 19.0 Å². The Kier molecular flexibility index (Phi) is 3.88. The zero-order valence-corrected chi connectivity index (χ0v) is 10.3. The highest BCUT2D eigenvalue weighted by molar-refractivity contribution is 5.87. The van der Waals surface area contributed by atoms with E-state index in [0.29, 0.717) is 31.3 Å². The molecule has 1 aliphatic heterocycles. The second-order valence-electron chi connectivity index (χ2n) is 3.67. The number of methoxy groups -OCH3 is 2. The minimum Gasteiger partial charge on any atom is -0.481 e. The fourth-order valence-corrected chi connectivity index (χ4v) is 1.61.